The molecular formula is C15H17F6O4S-. The first-order chi connectivity index (χ1) is 11.9. The molecule has 0 radical (unpaired) electrons. The van der Waals surface area contributed by atoms with Gasteiger partial charge in [0.1, 0.15) is 0 Å². The van der Waals surface area contributed by atoms with E-state index in [-0.39, 0.29) is 0 Å². The Balaban J connectivity index is 1.78. The van der Waals surface area contributed by atoms with Crippen LogP contribution in [0.2, 0.25) is 0 Å². The molecule has 0 N–H and O–H groups in total. The monoisotopic (exact) mass is 407 g/mol. The van der Waals surface area contributed by atoms with E-state index in [1.54, 1.807) is 0 Å². The van der Waals surface area contributed by atoms with Gasteiger partial charge in [-0.2, -0.15) is 26.3 Å². The van der Waals surface area contributed by atoms with Crippen LogP contribution in [0.3, 0.4) is 0 Å². The summed E-state index contributed by atoms with van der Waals surface area (Å²) in [5, 5.41) is 10.1. The number of ether oxygens (including phenoxy) is 1. The average Bonchev–Trinajstić information content (AvgIpc) is 2.46. The third-order valence-electron chi connectivity index (χ3n) is 5.92. The van der Waals surface area contributed by atoms with Crippen molar-refractivity contribution in [1.82, 2.24) is 0 Å². The standard InChI is InChI=1S/C15H18F6O4S/c16-14(17,18)13(26-25-23,15(19,20)21)11(22)24-7-12-4-8-1-9(5-12)3-10(2-8)6-12/h8-10,23H,1-7H2/p-1. The van der Waals surface area contributed by atoms with Crippen LogP contribution >= 0.6 is 12.0 Å². The summed E-state index contributed by atoms with van der Waals surface area (Å²) in [5.74, 6) is -1.40. The van der Waals surface area contributed by atoms with Gasteiger partial charge in [0.25, 0.3) is 0 Å². The molecule has 26 heavy (non-hydrogen) atoms. The van der Waals surface area contributed by atoms with Gasteiger partial charge in [0, 0.05) is 17.5 Å². The Morgan fingerprint density at radius 1 is 0.962 bits per heavy atom. The summed E-state index contributed by atoms with van der Waals surface area (Å²) in [6.45, 7) is -0.497. The van der Waals surface area contributed by atoms with Crippen LogP contribution in [0, 0.1) is 23.2 Å². The molecule has 4 fully saturated rings. The summed E-state index contributed by atoms with van der Waals surface area (Å²) in [7, 11) is 0. The number of esters is 1. The van der Waals surface area contributed by atoms with Gasteiger partial charge in [0.2, 0.25) is 0 Å². The van der Waals surface area contributed by atoms with Crippen LogP contribution in [-0.4, -0.2) is 29.7 Å². The molecule has 0 heterocycles. The fraction of sp³-hybridized carbons (Fsp3) is 0.933. The lowest BCUT2D eigenvalue weighted by atomic mass is 9.50. The predicted octanol–water partition coefficient (Wildman–Crippen LogP) is 3.55. The van der Waals surface area contributed by atoms with Crippen LogP contribution in [-0.2, 0) is 13.9 Å². The van der Waals surface area contributed by atoms with E-state index in [1.807, 2.05) is 0 Å². The van der Waals surface area contributed by atoms with E-state index in [0.717, 1.165) is 19.3 Å². The maximum Gasteiger partial charge on any atom is 0.425 e. The molecule has 0 aromatic carbocycles. The fourth-order valence-electron chi connectivity index (χ4n) is 5.36. The Kier molecular flexibility index (Phi) is 4.97. The molecule has 0 aromatic heterocycles. The Bertz CT molecular complexity index is 512. The van der Waals surface area contributed by atoms with Crippen molar-refractivity contribution in [1.29, 1.82) is 0 Å². The summed E-state index contributed by atoms with van der Waals surface area (Å²) in [5.41, 5.74) is -0.559. The van der Waals surface area contributed by atoms with E-state index in [4.69, 9.17) is 0 Å². The molecule has 11 heteroatoms. The van der Waals surface area contributed by atoms with Crippen LogP contribution in [0.25, 0.3) is 0 Å². The first-order valence-electron chi connectivity index (χ1n) is 8.21. The van der Waals surface area contributed by atoms with Crippen LogP contribution < -0.4 is 5.26 Å². The van der Waals surface area contributed by atoms with Crippen molar-refractivity contribution >= 4 is 18.0 Å². The van der Waals surface area contributed by atoms with Crippen molar-refractivity contribution in [3.05, 3.63) is 0 Å². The molecule has 4 nitrogen and oxygen atoms in total. The zero-order chi connectivity index (χ0) is 19.4. The molecule has 0 saturated heterocycles. The van der Waals surface area contributed by atoms with Gasteiger partial charge in [-0.25, -0.2) is 4.79 Å². The molecular weight excluding hydrogens is 390 g/mol. The van der Waals surface area contributed by atoms with Gasteiger partial charge >= 0.3 is 23.1 Å². The number of halogens is 6. The highest BCUT2D eigenvalue weighted by molar-refractivity contribution is 7.96. The summed E-state index contributed by atoms with van der Waals surface area (Å²) in [6.07, 6.45) is -7.22. The van der Waals surface area contributed by atoms with E-state index < -0.39 is 47.1 Å². The molecule has 0 unspecified atom stereocenters. The highest BCUT2D eigenvalue weighted by Crippen LogP contribution is 2.60. The molecule has 4 saturated carbocycles. The Morgan fingerprint density at radius 2 is 1.38 bits per heavy atom. The minimum absolute atomic E-state index is 0.384. The lowest BCUT2D eigenvalue weighted by molar-refractivity contribution is -0.631. The quantitative estimate of drug-likeness (QED) is 0.229. The van der Waals surface area contributed by atoms with Gasteiger partial charge in [-0.1, -0.05) is 0 Å². The van der Waals surface area contributed by atoms with Crippen molar-refractivity contribution in [2.45, 2.75) is 55.6 Å². The molecule has 0 atom stereocenters. The average molecular weight is 407 g/mol. The lowest BCUT2D eigenvalue weighted by Crippen LogP contribution is -2.61. The zero-order valence-electron chi connectivity index (χ0n) is 13.5. The smallest absolute Gasteiger partial charge is 0.425 e. The molecule has 4 bridgehead atoms. The van der Waals surface area contributed by atoms with Crippen LogP contribution in [0.4, 0.5) is 26.3 Å². The highest BCUT2D eigenvalue weighted by atomic mass is 32.2. The van der Waals surface area contributed by atoms with Crippen LogP contribution in [0.15, 0.2) is 0 Å². The Labute approximate surface area is 149 Å². The molecule has 0 aliphatic heterocycles. The number of rotatable bonds is 5. The van der Waals surface area contributed by atoms with E-state index in [0.29, 0.717) is 37.0 Å². The maximum atomic E-state index is 13.1. The number of alkyl halides is 6. The van der Waals surface area contributed by atoms with Gasteiger partial charge in [-0.05, 0) is 56.3 Å². The molecule has 0 spiro atoms. The minimum atomic E-state index is -6.10. The van der Waals surface area contributed by atoms with Gasteiger partial charge in [-0.15, -0.1) is 0 Å². The van der Waals surface area contributed by atoms with Crippen molar-refractivity contribution in [3.63, 3.8) is 0 Å². The topological polar surface area (TPSA) is 58.6 Å². The molecule has 4 rings (SSSR count). The first kappa shape index (κ1) is 20.1. The van der Waals surface area contributed by atoms with E-state index in [2.05, 4.69) is 9.07 Å². The van der Waals surface area contributed by atoms with Crippen molar-refractivity contribution in [3.8, 4) is 0 Å². The highest BCUT2D eigenvalue weighted by Gasteiger charge is 2.78. The predicted molar refractivity (Wildman–Crippen MR) is 75.1 cm³/mol. The van der Waals surface area contributed by atoms with Crippen molar-refractivity contribution in [2.75, 3.05) is 6.61 Å². The maximum absolute atomic E-state index is 13.1. The molecule has 4 aliphatic rings. The van der Waals surface area contributed by atoms with Crippen molar-refractivity contribution in [2.24, 2.45) is 23.2 Å². The molecule has 4 aliphatic carbocycles. The normalized spacial score (nSPS) is 34.2. The molecule has 0 aromatic rings. The third kappa shape index (κ3) is 3.19. The number of hydrogen-bond donors (Lipinski definition) is 0. The largest absolute Gasteiger partial charge is 0.710 e. The summed E-state index contributed by atoms with van der Waals surface area (Å²) in [6, 6.07) is 0. The number of hydrogen-bond acceptors (Lipinski definition) is 5. The summed E-state index contributed by atoms with van der Waals surface area (Å²) >= 11 is -1.52. The second-order valence-corrected chi connectivity index (χ2v) is 8.74. The Hall–Kier alpha value is -0.680. The zero-order valence-corrected chi connectivity index (χ0v) is 14.3. The van der Waals surface area contributed by atoms with Gasteiger partial charge in [0.05, 0.1) is 6.61 Å². The lowest BCUT2D eigenvalue weighted by Gasteiger charge is -2.56. The third-order valence-corrected chi connectivity index (χ3v) is 6.87. The van der Waals surface area contributed by atoms with Gasteiger partial charge in [-0.3, -0.25) is 0 Å². The van der Waals surface area contributed by atoms with E-state index in [1.165, 1.54) is 0 Å². The van der Waals surface area contributed by atoms with E-state index >= 15 is 0 Å². The van der Waals surface area contributed by atoms with Gasteiger partial charge in [0.15, 0.2) is 0 Å². The Morgan fingerprint density at radius 3 is 1.73 bits per heavy atom. The summed E-state index contributed by atoms with van der Waals surface area (Å²) < 4.78 is 81.1. The molecule has 150 valence electrons. The SMILES string of the molecule is O=C(OCC12CC3CC(CC(C3)C1)C2)C(SO[O-])(C(F)(F)F)C(F)(F)F. The van der Waals surface area contributed by atoms with Crippen LogP contribution in [0.1, 0.15) is 38.5 Å². The minimum Gasteiger partial charge on any atom is -0.710 e. The van der Waals surface area contributed by atoms with Gasteiger partial charge < -0.3 is 14.3 Å². The fourth-order valence-corrected chi connectivity index (χ4v) is 5.78. The number of carbonyl (C=O) groups excluding carboxylic acids is 1. The molecule has 0 amide bonds. The van der Waals surface area contributed by atoms with Crippen LogP contribution in [0.5, 0.6) is 0 Å². The van der Waals surface area contributed by atoms with Crippen molar-refractivity contribution < 1.29 is 45.5 Å². The second-order valence-electron chi connectivity index (χ2n) is 7.82. The van der Waals surface area contributed by atoms with E-state index in [9.17, 15) is 36.4 Å². The number of carbonyl (C=O) groups is 1. The summed E-state index contributed by atoms with van der Waals surface area (Å²) in [4.78, 5) is 11.9. The first-order valence-corrected chi connectivity index (χ1v) is 8.95. The second kappa shape index (κ2) is 6.44.